The molecule has 0 saturated heterocycles. The summed E-state index contributed by atoms with van der Waals surface area (Å²) in [6.45, 7) is 0. The lowest BCUT2D eigenvalue weighted by molar-refractivity contribution is -0.136. The topological polar surface area (TPSA) is 114 Å². The predicted molar refractivity (Wildman–Crippen MR) is 98.2 cm³/mol. The molecule has 0 radical (unpaired) electrons. The first-order chi connectivity index (χ1) is 12.2. The van der Waals surface area contributed by atoms with E-state index in [-0.39, 0.29) is 28.4 Å². The number of benzene rings is 1. The standard InChI is InChI=1S/C17H14N2O5S2/c1-26(23,24)11-8-10(6-7-15(20)21)18-13(9-11)17-19-16(22)12-4-2-3-5-14(12)25-17/h2-5,8-9H,6-7H2,1H3,(H,20,21). The van der Waals surface area contributed by atoms with E-state index in [9.17, 15) is 18.0 Å². The fourth-order valence-electron chi connectivity index (χ4n) is 2.37. The molecule has 7 nitrogen and oxygen atoms in total. The summed E-state index contributed by atoms with van der Waals surface area (Å²) >= 11 is 1.22. The maximum atomic E-state index is 12.2. The van der Waals surface area contributed by atoms with E-state index in [0.717, 1.165) is 6.26 Å². The number of pyridine rings is 1. The average molecular weight is 390 g/mol. The zero-order valence-corrected chi connectivity index (χ0v) is 15.3. The first-order valence-electron chi connectivity index (χ1n) is 7.57. The fourth-order valence-corrected chi connectivity index (χ4v) is 4.00. The van der Waals surface area contributed by atoms with Crippen molar-refractivity contribution in [3.05, 3.63) is 52.4 Å². The number of hydrogen-bond donors (Lipinski definition) is 1. The third kappa shape index (κ3) is 3.94. The van der Waals surface area contributed by atoms with E-state index in [0.29, 0.717) is 15.8 Å². The molecule has 1 N–H and O–H groups in total. The van der Waals surface area contributed by atoms with Gasteiger partial charge in [0.1, 0.15) is 10.7 Å². The molecule has 9 heteroatoms. The molecule has 0 amide bonds. The van der Waals surface area contributed by atoms with Crippen LogP contribution >= 0.6 is 11.3 Å². The quantitative estimate of drug-likeness (QED) is 0.710. The van der Waals surface area contributed by atoms with Crippen LogP contribution in [0.4, 0.5) is 0 Å². The molecule has 0 aliphatic rings. The minimum atomic E-state index is -3.54. The number of hydrogen-bond acceptors (Lipinski definition) is 7. The molecule has 0 unspecified atom stereocenters. The summed E-state index contributed by atoms with van der Waals surface area (Å²) < 4.78 is 24.6. The van der Waals surface area contributed by atoms with Gasteiger partial charge in [-0.05, 0) is 24.3 Å². The van der Waals surface area contributed by atoms with E-state index in [1.54, 1.807) is 24.3 Å². The second-order valence-electron chi connectivity index (χ2n) is 5.67. The van der Waals surface area contributed by atoms with Crippen LogP contribution in [0.25, 0.3) is 20.8 Å². The smallest absolute Gasteiger partial charge is 0.303 e. The van der Waals surface area contributed by atoms with Crippen molar-refractivity contribution in [3.63, 3.8) is 0 Å². The van der Waals surface area contributed by atoms with Crippen LogP contribution in [0.1, 0.15) is 12.1 Å². The van der Waals surface area contributed by atoms with Gasteiger partial charge in [-0.3, -0.25) is 14.6 Å². The summed E-state index contributed by atoms with van der Waals surface area (Å²) in [6.07, 6.45) is 0.957. The van der Waals surface area contributed by atoms with Crippen molar-refractivity contribution >= 4 is 37.2 Å². The van der Waals surface area contributed by atoms with Crippen LogP contribution in [0.5, 0.6) is 0 Å². The molecular formula is C17H14N2O5S2. The molecule has 0 saturated carbocycles. The van der Waals surface area contributed by atoms with Crippen molar-refractivity contribution in [2.75, 3.05) is 6.26 Å². The highest BCUT2D eigenvalue weighted by molar-refractivity contribution is 7.90. The van der Waals surface area contributed by atoms with Gasteiger partial charge in [-0.25, -0.2) is 8.42 Å². The van der Waals surface area contributed by atoms with Crippen LogP contribution in [-0.2, 0) is 21.1 Å². The Bertz CT molecular complexity index is 1170. The summed E-state index contributed by atoms with van der Waals surface area (Å²) in [5, 5.41) is 9.61. The first-order valence-corrected chi connectivity index (χ1v) is 10.3. The molecule has 0 aliphatic carbocycles. The summed E-state index contributed by atoms with van der Waals surface area (Å²) in [4.78, 5) is 31.4. The Kier molecular flexibility index (Phi) is 4.84. The number of carboxylic acid groups (broad SMARTS) is 1. The molecule has 0 bridgehead atoms. The Morgan fingerprint density at radius 2 is 1.92 bits per heavy atom. The van der Waals surface area contributed by atoms with Gasteiger partial charge in [-0.2, -0.15) is 4.98 Å². The van der Waals surface area contributed by atoms with Gasteiger partial charge in [0.05, 0.1) is 16.7 Å². The highest BCUT2D eigenvalue weighted by atomic mass is 32.2. The summed E-state index contributed by atoms with van der Waals surface area (Å²) in [6, 6.07) is 9.69. The zero-order chi connectivity index (χ0) is 18.9. The van der Waals surface area contributed by atoms with Gasteiger partial charge < -0.3 is 5.11 Å². The molecule has 26 heavy (non-hydrogen) atoms. The normalized spacial score (nSPS) is 11.6. The van der Waals surface area contributed by atoms with E-state index in [2.05, 4.69) is 9.97 Å². The number of fused-ring (bicyclic) bond motifs is 1. The lowest BCUT2D eigenvalue weighted by Gasteiger charge is -2.07. The van der Waals surface area contributed by atoms with Crippen LogP contribution < -0.4 is 5.56 Å². The molecule has 0 spiro atoms. The minimum absolute atomic E-state index is 0.0116. The molecular weight excluding hydrogens is 376 g/mol. The maximum Gasteiger partial charge on any atom is 0.303 e. The van der Waals surface area contributed by atoms with Crippen LogP contribution in [0.15, 0.2) is 46.1 Å². The number of rotatable bonds is 5. The lowest BCUT2D eigenvalue weighted by atomic mass is 10.2. The Labute approximate surface area is 152 Å². The van der Waals surface area contributed by atoms with Gasteiger partial charge >= 0.3 is 5.97 Å². The average Bonchev–Trinajstić information content (AvgIpc) is 2.59. The third-order valence-corrected chi connectivity index (χ3v) is 5.78. The van der Waals surface area contributed by atoms with E-state index in [1.807, 2.05) is 0 Å². The summed E-state index contributed by atoms with van der Waals surface area (Å²) in [5.41, 5.74) is 0.133. The number of carboxylic acids is 1. The third-order valence-electron chi connectivity index (χ3n) is 3.62. The van der Waals surface area contributed by atoms with Crippen molar-refractivity contribution in [1.29, 1.82) is 0 Å². The minimum Gasteiger partial charge on any atom is -0.481 e. The number of aryl methyl sites for hydroxylation is 1. The Hall–Kier alpha value is -2.65. The molecule has 0 atom stereocenters. The number of sulfone groups is 1. The van der Waals surface area contributed by atoms with Crippen molar-refractivity contribution in [3.8, 4) is 10.7 Å². The molecule has 2 aromatic heterocycles. The van der Waals surface area contributed by atoms with E-state index in [1.165, 1.54) is 23.5 Å². The Morgan fingerprint density at radius 1 is 1.19 bits per heavy atom. The molecule has 134 valence electrons. The van der Waals surface area contributed by atoms with Crippen molar-refractivity contribution < 1.29 is 18.3 Å². The fraction of sp³-hybridized carbons (Fsp3) is 0.176. The molecule has 2 heterocycles. The highest BCUT2D eigenvalue weighted by Crippen LogP contribution is 2.27. The SMILES string of the molecule is CS(=O)(=O)c1cc(CCC(=O)O)nc(-c2nc(=O)c3ccccc3s2)c1. The summed E-state index contributed by atoms with van der Waals surface area (Å²) in [7, 11) is -3.54. The Morgan fingerprint density at radius 3 is 2.62 bits per heavy atom. The molecule has 3 aromatic rings. The molecule has 0 fully saturated rings. The number of carbonyl (C=O) groups is 1. The maximum absolute atomic E-state index is 12.2. The van der Waals surface area contributed by atoms with Crippen LogP contribution in [0, 0.1) is 0 Å². The number of aliphatic carboxylic acids is 1. The number of nitrogens with zero attached hydrogens (tertiary/aromatic N) is 2. The number of aromatic nitrogens is 2. The zero-order valence-electron chi connectivity index (χ0n) is 13.7. The van der Waals surface area contributed by atoms with Gasteiger partial charge in [-0.15, -0.1) is 11.3 Å². The van der Waals surface area contributed by atoms with E-state index >= 15 is 0 Å². The van der Waals surface area contributed by atoms with E-state index in [4.69, 9.17) is 5.11 Å². The van der Waals surface area contributed by atoms with Gasteiger partial charge in [0.25, 0.3) is 5.56 Å². The monoisotopic (exact) mass is 390 g/mol. The Balaban J connectivity index is 2.18. The van der Waals surface area contributed by atoms with Crippen molar-refractivity contribution in [2.24, 2.45) is 0 Å². The van der Waals surface area contributed by atoms with Crippen LogP contribution in [-0.4, -0.2) is 35.7 Å². The van der Waals surface area contributed by atoms with Crippen molar-refractivity contribution in [1.82, 2.24) is 9.97 Å². The van der Waals surface area contributed by atoms with Gasteiger partial charge in [0.15, 0.2) is 9.84 Å². The second kappa shape index (κ2) is 6.93. The van der Waals surface area contributed by atoms with Crippen LogP contribution in [0.3, 0.4) is 0 Å². The van der Waals surface area contributed by atoms with Crippen LogP contribution in [0.2, 0.25) is 0 Å². The lowest BCUT2D eigenvalue weighted by Crippen LogP contribution is -2.08. The van der Waals surface area contributed by atoms with Crippen molar-refractivity contribution in [2.45, 2.75) is 17.7 Å². The second-order valence-corrected chi connectivity index (χ2v) is 8.71. The first kappa shape index (κ1) is 18.2. The van der Waals surface area contributed by atoms with E-state index < -0.39 is 21.4 Å². The molecule has 1 aromatic carbocycles. The highest BCUT2D eigenvalue weighted by Gasteiger charge is 2.15. The molecule has 0 aliphatic heterocycles. The van der Waals surface area contributed by atoms with Gasteiger partial charge in [0.2, 0.25) is 0 Å². The summed E-state index contributed by atoms with van der Waals surface area (Å²) in [5.74, 6) is -1.01. The predicted octanol–water partition coefficient (Wildman–Crippen LogP) is 2.14. The molecule has 3 rings (SSSR count). The van der Waals surface area contributed by atoms with Gasteiger partial charge in [0, 0.05) is 23.1 Å². The van der Waals surface area contributed by atoms with Gasteiger partial charge in [-0.1, -0.05) is 12.1 Å². The largest absolute Gasteiger partial charge is 0.481 e.